The van der Waals surface area contributed by atoms with E-state index in [4.69, 9.17) is 12.2 Å². The van der Waals surface area contributed by atoms with Crippen LogP contribution in [0, 0.1) is 10.1 Å². The van der Waals surface area contributed by atoms with Gasteiger partial charge < -0.3 is 0 Å². The van der Waals surface area contributed by atoms with E-state index in [1.165, 1.54) is 28.8 Å². The van der Waals surface area contributed by atoms with Crippen molar-refractivity contribution in [2.24, 2.45) is 0 Å². The van der Waals surface area contributed by atoms with Gasteiger partial charge in [0.1, 0.15) is 4.32 Å². The summed E-state index contributed by atoms with van der Waals surface area (Å²) in [5.74, 6) is -0.183. The third-order valence-corrected chi connectivity index (χ3v) is 5.96. The quantitative estimate of drug-likeness (QED) is 0.177. The Labute approximate surface area is 187 Å². The summed E-state index contributed by atoms with van der Waals surface area (Å²) >= 11 is 6.54. The van der Waals surface area contributed by atoms with E-state index in [1.54, 1.807) is 29.0 Å². The van der Waals surface area contributed by atoms with Crippen LogP contribution in [-0.2, 0) is 4.79 Å². The lowest BCUT2D eigenvalue weighted by Crippen LogP contribution is -2.27. The van der Waals surface area contributed by atoms with Crippen molar-refractivity contribution < 1.29 is 9.72 Å². The van der Waals surface area contributed by atoms with E-state index in [1.807, 2.05) is 36.5 Å². The minimum atomic E-state index is -0.446. The van der Waals surface area contributed by atoms with E-state index in [2.05, 4.69) is 11.7 Å². The summed E-state index contributed by atoms with van der Waals surface area (Å²) in [4.78, 5) is 25.3. The van der Waals surface area contributed by atoms with Crippen LogP contribution in [0.4, 0.5) is 5.69 Å². The third kappa shape index (κ3) is 4.18. The van der Waals surface area contributed by atoms with Gasteiger partial charge in [0.25, 0.3) is 11.6 Å². The maximum absolute atomic E-state index is 12.8. The normalized spacial score (nSPS) is 15.0. The molecule has 0 spiro atoms. The first-order valence-electron chi connectivity index (χ1n) is 9.24. The molecule has 3 aromatic rings. The van der Waals surface area contributed by atoms with Crippen LogP contribution in [0.5, 0.6) is 0 Å². The number of hydrogen-bond acceptors (Lipinski definition) is 6. The van der Waals surface area contributed by atoms with Crippen molar-refractivity contribution in [3.8, 4) is 16.9 Å². The molecule has 31 heavy (non-hydrogen) atoms. The number of aromatic nitrogens is 2. The Balaban J connectivity index is 1.80. The van der Waals surface area contributed by atoms with E-state index in [-0.39, 0.29) is 11.6 Å². The molecule has 2 aromatic carbocycles. The molecule has 9 heteroatoms. The molecule has 0 N–H and O–H groups in total. The van der Waals surface area contributed by atoms with Gasteiger partial charge in [0, 0.05) is 36.0 Å². The average Bonchev–Trinajstić information content (AvgIpc) is 3.31. The van der Waals surface area contributed by atoms with Crippen molar-refractivity contribution in [1.29, 1.82) is 0 Å². The summed E-state index contributed by atoms with van der Waals surface area (Å²) in [6.45, 7) is 4.02. The fraction of sp³-hybridized carbons (Fsp3) is 0.0455. The van der Waals surface area contributed by atoms with Crippen molar-refractivity contribution >= 4 is 46.0 Å². The van der Waals surface area contributed by atoms with Gasteiger partial charge in [0.2, 0.25) is 0 Å². The number of carbonyl (C=O) groups is 1. The summed E-state index contributed by atoms with van der Waals surface area (Å²) in [5.41, 5.74) is 2.86. The Hall–Kier alpha value is -3.56. The molecule has 0 radical (unpaired) electrons. The Morgan fingerprint density at radius 1 is 1.16 bits per heavy atom. The number of benzene rings is 2. The van der Waals surface area contributed by atoms with E-state index < -0.39 is 4.92 Å². The Bertz CT molecular complexity index is 1220. The van der Waals surface area contributed by atoms with Gasteiger partial charge in [-0.3, -0.25) is 19.8 Å². The molecule has 7 nitrogen and oxygen atoms in total. The van der Waals surface area contributed by atoms with E-state index in [9.17, 15) is 14.9 Å². The highest BCUT2D eigenvalue weighted by Crippen LogP contribution is 2.35. The number of nitro groups is 1. The van der Waals surface area contributed by atoms with Gasteiger partial charge in [-0.2, -0.15) is 5.10 Å². The zero-order chi connectivity index (χ0) is 22.0. The predicted molar refractivity (Wildman–Crippen MR) is 126 cm³/mol. The van der Waals surface area contributed by atoms with Crippen LogP contribution >= 0.6 is 24.0 Å². The molecule has 1 aromatic heterocycles. The minimum absolute atomic E-state index is 0.00177. The van der Waals surface area contributed by atoms with Crippen molar-refractivity contribution in [1.82, 2.24) is 14.7 Å². The topological polar surface area (TPSA) is 81.3 Å². The molecule has 0 saturated carbocycles. The second-order valence-corrected chi connectivity index (χ2v) is 8.27. The molecule has 0 unspecified atom stereocenters. The van der Waals surface area contributed by atoms with E-state index in [0.29, 0.717) is 32.6 Å². The van der Waals surface area contributed by atoms with Crippen LogP contribution in [-0.4, -0.2) is 36.4 Å². The molecule has 1 amide bonds. The van der Waals surface area contributed by atoms with Gasteiger partial charge in [0.15, 0.2) is 0 Å². The fourth-order valence-corrected chi connectivity index (χ4v) is 4.36. The van der Waals surface area contributed by atoms with Gasteiger partial charge in [-0.15, -0.1) is 6.58 Å². The molecule has 0 atom stereocenters. The maximum Gasteiger partial charge on any atom is 0.269 e. The molecule has 154 valence electrons. The summed E-state index contributed by atoms with van der Waals surface area (Å²) < 4.78 is 2.19. The fourth-order valence-electron chi connectivity index (χ4n) is 3.10. The molecule has 1 aliphatic heterocycles. The number of hydrogen-bond donors (Lipinski definition) is 0. The van der Waals surface area contributed by atoms with Crippen LogP contribution in [0.3, 0.4) is 0 Å². The van der Waals surface area contributed by atoms with Gasteiger partial charge >= 0.3 is 0 Å². The van der Waals surface area contributed by atoms with Crippen molar-refractivity contribution in [3.05, 3.63) is 94.0 Å². The standard InChI is InChI=1S/C22H16N4O3S2/c1-2-12-24-21(27)19(31-22(24)30)13-16-14-25(17-6-4-3-5-7-17)23-20(16)15-8-10-18(11-9-15)26(28)29/h2-11,13-14H,1,12H2/b19-13-. The monoisotopic (exact) mass is 448 g/mol. The Kier molecular flexibility index (Phi) is 5.79. The van der Waals surface area contributed by atoms with Crippen molar-refractivity contribution in [3.63, 3.8) is 0 Å². The number of carbonyl (C=O) groups excluding carboxylic acids is 1. The molecule has 1 aliphatic rings. The molecule has 1 fully saturated rings. The number of thiocarbonyl (C=S) groups is 1. The SMILES string of the molecule is C=CCN1C(=O)/C(=C/c2cn(-c3ccccc3)nc2-c2ccc([N+](=O)[O-])cc2)SC1=S. The van der Waals surface area contributed by atoms with E-state index in [0.717, 1.165) is 5.69 Å². The highest BCUT2D eigenvalue weighted by Gasteiger charge is 2.31. The lowest BCUT2D eigenvalue weighted by Gasteiger charge is -2.10. The van der Waals surface area contributed by atoms with Crippen LogP contribution in [0.1, 0.15) is 5.56 Å². The Morgan fingerprint density at radius 3 is 2.52 bits per heavy atom. The van der Waals surface area contributed by atoms with Gasteiger partial charge in [-0.1, -0.05) is 48.3 Å². The molecule has 1 saturated heterocycles. The number of rotatable bonds is 6. The predicted octanol–water partition coefficient (Wildman–Crippen LogP) is 4.83. The minimum Gasteiger partial charge on any atom is -0.289 e. The summed E-state index contributed by atoms with van der Waals surface area (Å²) in [7, 11) is 0. The summed E-state index contributed by atoms with van der Waals surface area (Å²) in [6.07, 6.45) is 5.21. The lowest BCUT2D eigenvalue weighted by molar-refractivity contribution is -0.384. The first-order chi connectivity index (χ1) is 15.0. The van der Waals surface area contributed by atoms with Crippen LogP contribution in [0.2, 0.25) is 0 Å². The molecular formula is C22H16N4O3S2. The third-order valence-electron chi connectivity index (χ3n) is 4.59. The Morgan fingerprint density at radius 2 is 1.87 bits per heavy atom. The van der Waals surface area contributed by atoms with Crippen molar-refractivity contribution in [2.45, 2.75) is 0 Å². The second-order valence-electron chi connectivity index (χ2n) is 6.60. The van der Waals surface area contributed by atoms with E-state index >= 15 is 0 Å². The number of para-hydroxylation sites is 1. The number of thioether (sulfide) groups is 1. The van der Waals surface area contributed by atoms with Crippen LogP contribution in [0.25, 0.3) is 23.0 Å². The maximum atomic E-state index is 12.8. The zero-order valence-corrected chi connectivity index (χ0v) is 17.8. The van der Waals surface area contributed by atoms with Crippen LogP contribution < -0.4 is 0 Å². The zero-order valence-electron chi connectivity index (χ0n) is 16.2. The largest absolute Gasteiger partial charge is 0.289 e. The number of nitrogens with zero attached hydrogens (tertiary/aromatic N) is 4. The first-order valence-corrected chi connectivity index (χ1v) is 10.5. The second kappa shape index (κ2) is 8.66. The highest BCUT2D eigenvalue weighted by atomic mass is 32.2. The smallest absolute Gasteiger partial charge is 0.269 e. The number of nitro benzene ring substituents is 1. The van der Waals surface area contributed by atoms with Crippen molar-refractivity contribution in [2.75, 3.05) is 6.54 Å². The number of amides is 1. The van der Waals surface area contributed by atoms with Gasteiger partial charge in [-0.05, 0) is 30.3 Å². The van der Waals surface area contributed by atoms with Gasteiger partial charge in [-0.25, -0.2) is 4.68 Å². The number of non-ortho nitro benzene ring substituents is 1. The average molecular weight is 449 g/mol. The summed E-state index contributed by atoms with van der Waals surface area (Å²) in [6, 6.07) is 15.7. The first kappa shape index (κ1) is 20.7. The molecular weight excluding hydrogens is 432 g/mol. The lowest BCUT2D eigenvalue weighted by atomic mass is 10.1. The van der Waals surface area contributed by atoms with Gasteiger partial charge in [0.05, 0.1) is 21.2 Å². The molecule has 0 aliphatic carbocycles. The molecule has 4 rings (SSSR count). The molecule has 2 heterocycles. The van der Waals surface area contributed by atoms with Crippen LogP contribution in [0.15, 0.2) is 78.4 Å². The highest BCUT2D eigenvalue weighted by molar-refractivity contribution is 8.26. The summed E-state index contributed by atoms with van der Waals surface area (Å²) in [5, 5.41) is 15.7. The molecule has 0 bridgehead atoms.